The quantitative estimate of drug-likeness (QED) is 0.311. The van der Waals surface area contributed by atoms with Gasteiger partial charge in [0.25, 0.3) is 0 Å². The highest BCUT2D eigenvalue weighted by Gasteiger charge is 2.43. The lowest BCUT2D eigenvalue weighted by Gasteiger charge is -2.46. The van der Waals surface area contributed by atoms with Crippen molar-refractivity contribution in [2.75, 3.05) is 0 Å². The second-order valence-electron chi connectivity index (χ2n) is 5.23. The van der Waals surface area contributed by atoms with Crippen molar-refractivity contribution >= 4 is 5.90 Å². The fraction of sp³-hybridized carbons (Fsp3) is 0.750. The van der Waals surface area contributed by atoms with E-state index in [1.165, 1.54) is 37.7 Å². The molecule has 2 atom stereocenters. The Bertz CT molecular complexity index is 330. The van der Waals surface area contributed by atoms with Gasteiger partial charge in [0.15, 0.2) is 0 Å². The van der Waals surface area contributed by atoms with Crippen LogP contribution in [0.5, 0.6) is 0 Å². The number of allylic oxidation sites excluding steroid dienone is 2. The molecule has 0 saturated heterocycles. The molecule has 2 unspecified atom stereocenters. The summed E-state index contributed by atoms with van der Waals surface area (Å²) in [5.41, 5.74) is 1.50. The Balaban J connectivity index is 1.88. The Morgan fingerprint density at radius 1 is 1.27 bits per heavy atom. The van der Waals surface area contributed by atoms with E-state index in [-0.39, 0.29) is 0 Å². The van der Waals surface area contributed by atoms with Gasteiger partial charge in [-0.2, -0.15) is 0 Å². The maximum absolute atomic E-state index is 8.63. The molecule has 3 nitrogen and oxygen atoms in total. The van der Waals surface area contributed by atoms with Crippen LogP contribution in [-0.4, -0.2) is 11.1 Å². The minimum absolute atomic E-state index is 0.380. The Labute approximate surface area is 89.8 Å². The topological polar surface area (TPSA) is 41.8 Å². The summed E-state index contributed by atoms with van der Waals surface area (Å²) in [5.74, 6) is 3.96. The molecule has 4 aliphatic rings. The first-order chi connectivity index (χ1) is 7.26. The van der Waals surface area contributed by atoms with Crippen molar-refractivity contribution in [1.82, 2.24) is 0 Å². The summed E-state index contributed by atoms with van der Waals surface area (Å²) in [7, 11) is 0. The minimum Gasteiger partial charge on any atom is -0.444 e. The molecule has 1 N–H and O–H groups in total. The Morgan fingerprint density at radius 3 is 2.47 bits per heavy atom. The Kier molecular flexibility index (Phi) is 2.01. The molecule has 0 aromatic heterocycles. The molecule has 15 heavy (non-hydrogen) atoms. The second kappa shape index (κ2) is 3.26. The zero-order valence-electron chi connectivity index (χ0n) is 9.07. The van der Waals surface area contributed by atoms with E-state index < -0.39 is 0 Å². The molecule has 0 aromatic rings. The van der Waals surface area contributed by atoms with E-state index in [1.54, 1.807) is 6.92 Å². The molecule has 4 aliphatic carbocycles. The SMILES string of the molecule is C/C(=N/O)OC1=C2CC3CC(C2)CC1C3. The third kappa shape index (κ3) is 1.45. The number of oxime groups is 1. The molecule has 0 aliphatic heterocycles. The summed E-state index contributed by atoms with van der Waals surface area (Å²) >= 11 is 0. The van der Waals surface area contributed by atoms with Crippen LogP contribution < -0.4 is 0 Å². The van der Waals surface area contributed by atoms with Crippen molar-refractivity contribution in [3.8, 4) is 0 Å². The zero-order valence-corrected chi connectivity index (χ0v) is 9.07. The van der Waals surface area contributed by atoms with E-state index in [0.717, 1.165) is 17.6 Å². The molecular formula is C12H17NO2. The average Bonchev–Trinajstić information content (AvgIpc) is 2.22. The lowest BCUT2D eigenvalue weighted by atomic mass is 9.60. The van der Waals surface area contributed by atoms with E-state index in [2.05, 4.69) is 5.16 Å². The Morgan fingerprint density at radius 2 is 1.93 bits per heavy atom. The highest BCUT2D eigenvalue weighted by Crippen LogP contribution is 2.53. The normalized spacial score (nSPS) is 38.7. The molecule has 2 fully saturated rings. The molecule has 0 radical (unpaired) electrons. The van der Waals surface area contributed by atoms with Crippen LogP contribution in [0.2, 0.25) is 0 Å². The van der Waals surface area contributed by atoms with Crippen LogP contribution in [-0.2, 0) is 4.74 Å². The van der Waals surface area contributed by atoms with Gasteiger partial charge in [0.2, 0.25) is 5.90 Å². The third-order valence-electron chi connectivity index (χ3n) is 4.09. The van der Waals surface area contributed by atoms with Crippen LogP contribution in [0, 0.1) is 17.8 Å². The highest BCUT2D eigenvalue weighted by atomic mass is 16.5. The molecule has 4 rings (SSSR count). The number of nitrogens with zero attached hydrogens (tertiary/aromatic N) is 1. The summed E-state index contributed by atoms with van der Waals surface area (Å²) in [6.45, 7) is 1.71. The van der Waals surface area contributed by atoms with Gasteiger partial charge in [0.1, 0.15) is 5.76 Å². The summed E-state index contributed by atoms with van der Waals surface area (Å²) in [6.07, 6.45) is 6.45. The van der Waals surface area contributed by atoms with Crippen molar-refractivity contribution in [1.29, 1.82) is 0 Å². The van der Waals surface area contributed by atoms with Crippen molar-refractivity contribution < 1.29 is 9.94 Å². The fourth-order valence-electron chi connectivity index (χ4n) is 3.72. The molecule has 4 bridgehead atoms. The van der Waals surface area contributed by atoms with E-state index in [4.69, 9.17) is 9.94 Å². The molecule has 3 heteroatoms. The number of hydrogen-bond donors (Lipinski definition) is 1. The molecule has 2 saturated carbocycles. The van der Waals surface area contributed by atoms with Gasteiger partial charge in [0, 0.05) is 12.8 Å². The number of rotatable bonds is 1. The van der Waals surface area contributed by atoms with Gasteiger partial charge >= 0.3 is 0 Å². The smallest absolute Gasteiger partial charge is 0.227 e. The predicted octanol–water partition coefficient (Wildman–Crippen LogP) is 2.90. The molecule has 0 heterocycles. The first kappa shape index (κ1) is 9.25. The van der Waals surface area contributed by atoms with Crippen LogP contribution in [0.4, 0.5) is 0 Å². The standard InChI is InChI=1S/C12H17NO2/c1-7(13-14)15-12-10-3-8-2-9(5-10)6-11(12)4-8/h8-10,14H,2-6H2,1H3/b13-7-. The van der Waals surface area contributed by atoms with Crippen molar-refractivity contribution in [2.45, 2.75) is 39.0 Å². The maximum atomic E-state index is 8.63. The van der Waals surface area contributed by atoms with Gasteiger partial charge in [0.05, 0.1) is 0 Å². The molecular weight excluding hydrogens is 190 g/mol. The van der Waals surface area contributed by atoms with Crippen LogP contribution in [0.25, 0.3) is 0 Å². The van der Waals surface area contributed by atoms with Gasteiger partial charge in [-0.05, 0) is 49.5 Å². The molecule has 82 valence electrons. The van der Waals surface area contributed by atoms with Crippen LogP contribution in [0.1, 0.15) is 39.0 Å². The average molecular weight is 207 g/mol. The van der Waals surface area contributed by atoms with Crippen molar-refractivity contribution in [3.63, 3.8) is 0 Å². The lowest BCUT2D eigenvalue weighted by molar-refractivity contribution is 0.113. The highest BCUT2D eigenvalue weighted by molar-refractivity contribution is 5.73. The first-order valence-corrected chi connectivity index (χ1v) is 5.84. The van der Waals surface area contributed by atoms with Gasteiger partial charge in [-0.25, -0.2) is 0 Å². The molecule has 0 amide bonds. The van der Waals surface area contributed by atoms with Gasteiger partial charge in [-0.3, -0.25) is 0 Å². The van der Waals surface area contributed by atoms with Crippen LogP contribution in [0.15, 0.2) is 16.5 Å². The summed E-state index contributed by atoms with van der Waals surface area (Å²) in [4.78, 5) is 0. The number of ether oxygens (including phenoxy) is 1. The monoisotopic (exact) mass is 207 g/mol. The summed E-state index contributed by atoms with van der Waals surface area (Å²) < 4.78 is 5.66. The maximum Gasteiger partial charge on any atom is 0.227 e. The van der Waals surface area contributed by atoms with Crippen LogP contribution >= 0.6 is 0 Å². The Hall–Kier alpha value is -0.990. The second-order valence-corrected chi connectivity index (χ2v) is 5.23. The molecule has 0 aromatic carbocycles. The van der Waals surface area contributed by atoms with E-state index in [1.807, 2.05) is 0 Å². The van der Waals surface area contributed by atoms with E-state index >= 15 is 0 Å². The fourth-order valence-corrected chi connectivity index (χ4v) is 3.72. The summed E-state index contributed by atoms with van der Waals surface area (Å²) in [6, 6.07) is 0. The van der Waals surface area contributed by atoms with E-state index in [0.29, 0.717) is 11.8 Å². The predicted molar refractivity (Wildman–Crippen MR) is 56.6 cm³/mol. The third-order valence-corrected chi connectivity index (χ3v) is 4.09. The van der Waals surface area contributed by atoms with E-state index in [9.17, 15) is 0 Å². The lowest BCUT2D eigenvalue weighted by Crippen LogP contribution is -2.36. The molecule has 0 spiro atoms. The first-order valence-electron chi connectivity index (χ1n) is 5.84. The zero-order chi connectivity index (χ0) is 10.4. The van der Waals surface area contributed by atoms with Crippen molar-refractivity contribution in [2.24, 2.45) is 22.9 Å². The number of hydrogen-bond acceptors (Lipinski definition) is 3. The van der Waals surface area contributed by atoms with Crippen LogP contribution in [0.3, 0.4) is 0 Å². The van der Waals surface area contributed by atoms with Gasteiger partial charge < -0.3 is 9.94 Å². The van der Waals surface area contributed by atoms with Gasteiger partial charge in [-0.1, -0.05) is 5.16 Å². The largest absolute Gasteiger partial charge is 0.444 e. The van der Waals surface area contributed by atoms with Crippen molar-refractivity contribution in [3.05, 3.63) is 11.3 Å². The van der Waals surface area contributed by atoms with Gasteiger partial charge in [-0.15, -0.1) is 0 Å². The minimum atomic E-state index is 0.380. The summed E-state index contributed by atoms with van der Waals surface area (Å²) in [5, 5.41) is 11.7.